The monoisotopic (exact) mass is 209 g/mol. The van der Waals surface area contributed by atoms with E-state index in [0.29, 0.717) is 0 Å². The molecule has 2 N–H and O–H groups in total. The van der Waals surface area contributed by atoms with E-state index in [-0.39, 0.29) is 5.02 Å². The predicted octanol–water partition coefficient (Wildman–Crippen LogP) is 1.13. The van der Waals surface area contributed by atoms with Gasteiger partial charge in [0.1, 0.15) is 10.7 Å². The van der Waals surface area contributed by atoms with Gasteiger partial charge in [-0.05, 0) is 18.2 Å². The van der Waals surface area contributed by atoms with Crippen molar-refractivity contribution < 1.29 is 12.8 Å². The summed E-state index contributed by atoms with van der Waals surface area (Å²) in [5.74, 6) is -0.901. The van der Waals surface area contributed by atoms with Crippen LogP contribution in [-0.4, -0.2) is 8.42 Å². The quantitative estimate of drug-likeness (QED) is 0.754. The fourth-order valence-corrected chi connectivity index (χ4v) is 1.56. The molecule has 0 saturated heterocycles. The molecule has 0 bridgehead atoms. The van der Waals surface area contributed by atoms with Crippen molar-refractivity contribution in [3.05, 3.63) is 29.0 Å². The van der Waals surface area contributed by atoms with Crippen molar-refractivity contribution >= 4 is 21.6 Å². The molecule has 1 rings (SSSR count). The normalized spacial score (nSPS) is 11.6. The number of sulfonamides is 1. The highest BCUT2D eigenvalue weighted by Crippen LogP contribution is 2.17. The lowest BCUT2D eigenvalue weighted by Crippen LogP contribution is -2.13. The van der Waals surface area contributed by atoms with E-state index in [4.69, 9.17) is 16.7 Å². The van der Waals surface area contributed by atoms with Crippen molar-refractivity contribution in [2.75, 3.05) is 0 Å². The van der Waals surface area contributed by atoms with Crippen LogP contribution >= 0.6 is 11.6 Å². The van der Waals surface area contributed by atoms with Gasteiger partial charge in [-0.15, -0.1) is 0 Å². The molecule has 12 heavy (non-hydrogen) atoms. The zero-order valence-corrected chi connectivity index (χ0v) is 7.36. The Kier molecular flexibility index (Phi) is 2.36. The van der Waals surface area contributed by atoms with Crippen LogP contribution < -0.4 is 5.14 Å². The molecule has 0 heterocycles. The van der Waals surface area contributed by atoms with Gasteiger partial charge in [-0.3, -0.25) is 0 Å². The second-order valence-electron chi connectivity index (χ2n) is 2.12. The molecule has 0 atom stereocenters. The summed E-state index contributed by atoms with van der Waals surface area (Å²) in [6.45, 7) is 0. The molecule has 0 aromatic heterocycles. The first-order valence-electron chi connectivity index (χ1n) is 2.89. The maximum atomic E-state index is 12.7. The molecule has 1 aromatic rings. The molecule has 3 nitrogen and oxygen atoms in total. The van der Waals surface area contributed by atoms with Gasteiger partial charge < -0.3 is 0 Å². The number of halogens is 2. The van der Waals surface area contributed by atoms with Gasteiger partial charge >= 0.3 is 0 Å². The lowest BCUT2D eigenvalue weighted by atomic mass is 10.3. The summed E-state index contributed by atoms with van der Waals surface area (Å²) >= 11 is 5.44. The summed E-state index contributed by atoms with van der Waals surface area (Å²) in [6, 6.07) is 3.15. The first-order chi connectivity index (χ1) is 5.41. The molecule has 0 aliphatic carbocycles. The van der Waals surface area contributed by atoms with Crippen LogP contribution in [0.4, 0.5) is 4.39 Å². The van der Waals surface area contributed by atoms with Crippen LogP contribution in [0.25, 0.3) is 0 Å². The Morgan fingerprint density at radius 1 is 1.42 bits per heavy atom. The smallest absolute Gasteiger partial charge is 0.225 e. The van der Waals surface area contributed by atoms with Gasteiger partial charge in [-0.1, -0.05) is 11.6 Å². The Labute approximate surface area is 74.0 Å². The predicted molar refractivity (Wildman–Crippen MR) is 42.8 cm³/mol. The van der Waals surface area contributed by atoms with Gasteiger partial charge in [0.2, 0.25) is 10.0 Å². The number of hydrogen-bond acceptors (Lipinski definition) is 2. The van der Waals surface area contributed by atoms with Crippen molar-refractivity contribution in [2.24, 2.45) is 5.14 Å². The Bertz CT molecular complexity index is 404. The number of hydrogen-bond donors (Lipinski definition) is 1. The van der Waals surface area contributed by atoms with E-state index < -0.39 is 20.7 Å². The second kappa shape index (κ2) is 3.01. The number of primary sulfonamides is 1. The van der Waals surface area contributed by atoms with E-state index in [0.717, 1.165) is 12.1 Å². The first kappa shape index (κ1) is 9.44. The highest BCUT2D eigenvalue weighted by atomic mass is 35.5. The lowest BCUT2D eigenvalue weighted by molar-refractivity contribution is 0.568. The van der Waals surface area contributed by atoms with E-state index in [1.807, 2.05) is 0 Å². The molecular formula is C6H5ClFNO2S. The maximum Gasteiger partial charge on any atom is 0.241 e. The number of rotatable bonds is 1. The Balaban J connectivity index is 3.43. The van der Waals surface area contributed by atoms with Crippen molar-refractivity contribution in [3.63, 3.8) is 0 Å². The molecule has 0 saturated carbocycles. The van der Waals surface area contributed by atoms with E-state index in [9.17, 15) is 12.8 Å². The van der Waals surface area contributed by atoms with Gasteiger partial charge in [-0.25, -0.2) is 17.9 Å². The Morgan fingerprint density at radius 3 is 2.42 bits per heavy atom. The van der Waals surface area contributed by atoms with Crippen molar-refractivity contribution in [1.29, 1.82) is 0 Å². The van der Waals surface area contributed by atoms with Gasteiger partial charge in [0.15, 0.2) is 0 Å². The second-order valence-corrected chi connectivity index (χ2v) is 4.09. The summed E-state index contributed by atoms with van der Waals surface area (Å²) < 4.78 is 34.1. The fraction of sp³-hybridized carbons (Fsp3) is 0. The topological polar surface area (TPSA) is 60.2 Å². The minimum atomic E-state index is -4.02. The Morgan fingerprint density at radius 2 is 2.00 bits per heavy atom. The molecule has 0 amide bonds. The van der Waals surface area contributed by atoms with Crippen molar-refractivity contribution in [1.82, 2.24) is 0 Å². The number of nitrogens with two attached hydrogens (primary N) is 1. The average molecular weight is 210 g/mol. The van der Waals surface area contributed by atoms with Gasteiger partial charge in [-0.2, -0.15) is 0 Å². The molecule has 0 fully saturated rings. The standard InChI is InChI=1S/C6H5ClFNO2S/c7-4-1-2-5(8)6(3-4)12(9,10)11/h1-3H,(H2,9,10,11). The molecular weight excluding hydrogens is 205 g/mol. The molecule has 0 spiro atoms. The van der Waals surface area contributed by atoms with Crippen molar-refractivity contribution in [3.8, 4) is 0 Å². The summed E-state index contributed by atoms with van der Waals surface area (Å²) in [5, 5.41) is 4.83. The molecule has 0 unspecified atom stereocenters. The summed E-state index contributed by atoms with van der Waals surface area (Å²) in [4.78, 5) is -0.588. The summed E-state index contributed by atoms with van der Waals surface area (Å²) in [6.07, 6.45) is 0. The maximum absolute atomic E-state index is 12.7. The SMILES string of the molecule is NS(=O)(=O)c1cc(Cl)ccc1F. The van der Waals surface area contributed by atoms with Crippen LogP contribution in [0, 0.1) is 5.82 Å². The largest absolute Gasteiger partial charge is 0.241 e. The van der Waals surface area contributed by atoms with Gasteiger partial charge in [0.25, 0.3) is 0 Å². The van der Waals surface area contributed by atoms with E-state index in [2.05, 4.69) is 0 Å². The third kappa shape index (κ3) is 1.94. The zero-order chi connectivity index (χ0) is 9.35. The minimum Gasteiger partial charge on any atom is -0.225 e. The third-order valence-corrected chi connectivity index (χ3v) is 2.36. The molecule has 0 aliphatic rings. The molecule has 0 radical (unpaired) electrons. The minimum absolute atomic E-state index is 0.125. The summed E-state index contributed by atoms with van der Waals surface area (Å²) in [7, 11) is -4.02. The molecule has 6 heteroatoms. The molecule has 66 valence electrons. The highest BCUT2D eigenvalue weighted by molar-refractivity contribution is 7.89. The van der Waals surface area contributed by atoms with E-state index in [1.54, 1.807) is 0 Å². The fourth-order valence-electron chi connectivity index (χ4n) is 0.695. The van der Waals surface area contributed by atoms with Crippen LogP contribution in [0.3, 0.4) is 0 Å². The lowest BCUT2D eigenvalue weighted by Gasteiger charge is -1.99. The van der Waals surface area contributed by atoms with Crippen LogP contribution in [0.1, 0.15) is 0 Å². The molecule has 0 aliphatic heterocycles. The summed E-state index contributed by atoms with van der Waals surface area (Å²) in [5.41, 5.74) is 0. The van der Waals surface area contributed by atoms with Crippen LogP contribution in [-0.2, 0) is 10.0 Å². The van der Waals surface area contributed by atoms with Crippen LogP contribution in [0.5, 0.6) is 0 Å². The average Bonchev–Trinajstić information content (AvgIpc) is 1.92. The third-order valence-electron chi connectivity index (χ3n) is 1.20. The van der Waals surface area contributed by atoms with Gasteiger partial charge in [0, 0.05) is 5.02 Å². The Hall–Kier alpha value is -0.650. The zero-order valence-electron chi connectivity index (χ0n) is 5.79. The number of benzene rings is 1. The van der Waals surface area contributed by atoms with Crippen LogP contribution in [0.15, 0.2) is 23.1 Å². The van der Waals surface area contributed by atoms with Crippen LogP contribution in [0.2, 0.25) is 5.02 Å². The van der Waals surface area contributed by atoms with Gasteiger partial charge in [0.05, 0.1) is 0 Å². The van der Waals surface area contributed by atoms with E-state index in [1.165, 1.54) is 6.07 Å². The highest BCUT2D eigenvalue weighted by Gasteiger charge is 2.13. The molecule has 1 aromatic carbocycles. The van der Waals surface area contributed by atoms with Crippen molar-refractivity contribution in [2.45, 2.75) is 4.90 Å². The van der Waals surface area contributed by atoms with E-state index >= 15 is 0 Å². The first-order valence-corrected chi connectivity index (χ1v) is 4.81.